The maximum atomic E-state index is 12.0. The number of rotatable bonds is 2. The summed E-state index contributed by atoms with van der Waals surface area (Å²) in [6.45, 7) is 0. The highest BCUT2D eigenvalue weighted by molar-refractivity contribution is 6.09. The predicted molar refractivity (Wildman–Crippen MR) is 61.6 cm³/mol. The van der Waals surface area contributed by atoms with Crippen molar-refractivity contribution in [2.45, 2.75) is 12.8 Å². The van der Waals surface area contributed by atoms with E-state index in [9.17, 15) is 4.79 Å². The van der Waals surface area contributed by atoms with E-state index in [1.54, 1.807) is 24.3 Å². The quantitative estimate of drug-likeness (QED) is 0.588. The molecule has 0 radical (unpaired) electrons. The number of carbonyl (C=O) groups excluding carboxylic acids is 1. The highest BCUT2D eigenvalue weighted by atomic mass is 16.1. The van der Waals surface area contributed by atoms with E-state index in [0.29, 0.717) is 11.3 Å². The van der Waals surface area contributed by atoms with Gasteiger partial charge in [-0.1, -0.05) is 18.2 Å². The molecule has 0 heterocycles. The van der Waals surface area contributed by atoms with E-state index in [1.165, 1.54) is 0 Å². The van der Waals surface area contributed by atoms with E-state index < -0.39 is 0 Å². The Bertz CT molecular complexity index is 426. The smallest absolute Gasteiger partial charge is 0.189 e. The van der Waals surface area contributed by atoms with Gasteiger partial charge in [0.25, 0.3) is 0 Å². The van der Waals surface area contributed by atoms with Crippen LogP contribution in [0.15, 0.2) is 48.1 Å². The van der Waals surface area contributed by atoms with Gasteiger partial charge in [-0.05, 0) is 37.1 Å². The second-order valence-electron chi connectivity index (χ2n) is 3.61. The summed E-state index contributed by atoms with van der Waals surface area (Å²) in [5, 5.41) is 0. The predicted octanol–water partition coefficient (Wildman–Crippen LogP) is 2.73. The Balaban J connectivity index is 2.24. The lowest BCUT2D eigenvalue weighted by molar-refractivity contribution is 0.103. The fraction of sp³-hybridized carbons (Fsp3) is 0.154. The van der Waals surface area contributed by atoms with Gasteiger partial charge in [-0.15, -0.1) is 0 Å². The number of allylic oxidation sites excluding steroid dienone is 4. The molecule has 0 spiro atoms. The van der Waals surface area contributed by atoms with Crippen LogP contribution in [0.2, 0.25) is 0 Å². The van der Waals surface area contributed by atoms with Gasteiger partial charge in [0.05, 0.1) is 0 Å². The molecule has 2 nitrogen and oxygen atoms in total. The summed E-state index contributed by atoms with van der Waals surface area (Å²) < 4.78 is 0. The van der Waals surface area contributed by atoms with Crippen LogP contribution in [0.4, 0.5) is 5.69 Å². The standard InChI is InChI=1S/C13H13NO/c14-12-8-6-11(7-9-12)13(15)10-4-2-1-3-5-10/h1-2,4,6-9H,3,5,14H2. The summed E-state index contributed by atoms with van der Waals surface area (Å²) in [6, 6.07) is 7.06. The zero-order valence-electron chi connectivity index (χ0n) is 8.44. The largest absolute Gasteiger partial charge is 0.399 e. The van der Waals surface area contributed by atoms with E-state index in [2.05, 4.69) is 6.08 Å². The van der Waals surface area contributed by atoms with Crippen molar-refractivity contribution >= 4 is 11.5 Å². The molecule has 1 aliphatic rings. The molecule has 0 bridgehead atoms. The summed E-state index contributed by atoms with van der Waals surface area (Å²) in [5.41, 5.74) is 7.84. The fourth-order valence-corrected chi connectivity index (χ4v) is 1.61. The summed E-state index contributed by atoms with van der Waals surface area (Å²) >= 11 is 0. The van der Waals surface area contributed by atoms with Crippen LogP contribution in [0.1, 0.15) is 23.2 Å². The van der Waals surface area contributed by atoms with Crippen LogP contribution in [0.5, 0.6) is 0 Å². The summed E-state index contributed by atoms with van der Waals surface area (Å²) in [5.74, 6) is 0.111. The first-order chi connectivity index (χ1) is 7.27. The van der Waals surface area contributed by atoms with Gasteiger partial charge in [-0.2, -0.15) is 0 Å². The molecule has 15 heavy (non-hydrogen) atoms. The normalized spacial score (nSPS) is 14.8. The number of Topliss-reactive ketones (excluding diaryl/α,β-unsaturated/α-hetero) is 1. The molecule has 2 heteroatoms. The van der Waals surface area contributed by atoms with Gasteiger partial charge < -0.3 is 5.73 Å². The number of carbonyl (C=O) groups is 1. The van der Waals surface area contributed by atoms with E-state index in [-0.39, 0.29) is 5.78 Å². The van der Waals surface area contributed by atoms with Gasteiger partial charge in [-0.3, -0.25) is 4.79 Å². The van der Waals surface area contributed by atoms with Crippen molar-refractivity contribution in [1.82, 2.24) is 0 Å². The third-order valence-corrected chi connectivity index (χ3v) is 2.48. The number of nitrogens with two attached hydrogens (primary N) is 1. The fourth-order valence-electron chi connectivity index (χ4n) is 1.61. The molecule has 0 saturated heterocycles. The third kappa shape index (κ3) is 2.15. The van der Waals surface area contributed by atoms with Gasteiger partial charge >= 0.3 is 0 Å². The van der Waals surface area contributed by atoms with Crippen molar-refractivity contribution in [1.29, 1.82) is 0 Å². The number of nitrogen functional groups attached to an aromatic ring is 1. The highest BCUT2D eigenvalue weighted by Crippen LogP contribution is 2.18. The van der Waals surface area contributed by atoms with Crippen molar-refractivity contribution in [2.24, 2.45) is 0 Å². The van der Waals surface area contributed by atoms with Crippen molar-refractivity contribution in [2.75, 3.05) is 5.73 Å². The number of ketones is 1. The van der Waals surface area contributed by atoms with Gasteiger partial charge in [0.1, 0.15) is 0 Å². The van der Waals surface area contributed by atoms with Crippen molar-refractivity contribution in [3.8, 4) is 0 Å². The van der Waals surface area contributed by atoms with Crippen LogP contribution in [-0.2, 0) is 0 Å². The average Bonchev–Trinajstić information content (AvgIpc) is 2.30. The van der Waals surface area contributed by atoms with E-state index in [1.807, 2.05) is 12.2 Å². The average molecular weight is 199 g/mol. The summed E-state index contributed by atoms with van der Waals surface area (Å²) in [4.78, 5) is 12.0. The van der Waals surface area contributed by atoms with Crippen molar-refractivity contribution in [3.05, 3.63) is 53.6 Å². The molecular weight excluding hydrogens is 186 g/mol. The molecule has 0 aromatic heterocycles. The monoisotopic (exact) mass is 199 g/mol. The van der Waals surface area contributed by atoms with Gasteiger partial charge in [-0.25, -0.2) is 0 Å². The number of benzene rings is 1. The molecule has 0 unspecified atom stereocenters. The summed E-state index contributed by atoms with van der Waals surface area (Å²) in [7, 11) is 0. The maximum absolute atomic E-state index is 12.0. The topological polar surface area (TPSA) is 43.1 Å². The Morgan fingerprint density at radius 3 is 2.53 bits per heavy atom. The number of hydrogen-bond acceptors (Lipinski definition) is 2. The van der Waals surface area contributed by atoms with Crippen LogP contribution in [0, 0.1) is 0 Å². The molecule has 1 aliphatic carbocycles. The molecule has 2 rings (SSSR count). The first-order valence-corrected chi connectivity index (χ1v) is 5.03. The first-order valence-electron chi connectivity index (χ1n) is 5.03. The second kappa shape index (κ2) is 4.13. The first kappa shape index (κ1) is 9.71. The molecular formula is C13H13NO. The lowest BCUT2D eigenvalue weighted by atomic mass is 9.96. The number of anilines is 1. The molecule has 2 N–H and O–H groups in total. The zero-order valence-corrected chi connectivity index (χ0v) is 8.44. The Labute approximate surface area is 89.1 Å². The minimum absolute atomic E-state index is 0.111. The van der Waals surface area contributed by atoms with Crippen LogP contribution < -0.4 is 5.73 Å². The lowest BCUT2D eigenvalue weighted by Gasteiger charge is -2.07. The minimum atomic E-state index is 0.111. The van der Waals surface area contributed by atoms with Crippen LogP contribution in [0.25, 0.3) is 0 Å². The molecule has 0 atom stereocenters. The Kier molecular flexibility index (Phi) is 2.68. The summed E-state index contributed by atoms with van der Waals surface area (Å²) in [6.07, 6.45) is 7.68. The Hall–Kier alpha value is -1.83. The minimum Gasteiger partial charge on any atom is -0.399 e. The van der Waals surface area contributed by atoms with Crippen LogP contribution >= 0.6 is 0 Å². The molecule has 0 aliphatic heterocycles. The SMILES string of the molecule is Nc1ccc(C(=O)C2=CC=CCC2)cc1. The van der Waals surface area contributed by atoms with Crippen LogP contribution in [-0.4, -0.2) is 5.78 Å². The zero-order chi connectivity index (χ0) is 10.7. The molecule has 0 fully saturated rings. The van der Waals surface area contributed by atoms with Crippen molar-refractivity contribution in [3.63, 3.8) is 0 Å². The molecule has 1 aromatic carbocycles. The van der Waals surface area contributed by atoms with Crippen LogP contribution in [0.3, 0.4) is 0 Å². The van der Waals surface area contributed by atoms with E-state index in [0.717, 1.165) is 18.4 Å². The van der Waals surface area contributed by atoms with E-state index >= 15 is 0 Å². The van der Waals surface area contributed by atoms with Gasteiger partial charge in [0.2, 0.25) is 0 Å². The highest BCUT2D eigenvalue weighted by Gasteiger charge is 2.11. The third-order valence-electron chi connectivity index (χ3n) is 2.48. The lowest BCUT2D eigenvalue weighted by Crippen LogP contribution is -2.04. The molecule has 76 valence electrons. The second-order valence-corrected chi connectivity index (χ2v) is 3.61. The Morgan fingerprint density at radius 2 is 1.93 bits per heavy atom. The molecule has 0 amide bonds. The molecule has 0 saturated carbocycles. The van der Waals surface area contributed by atoms with Crippen molar-refractivity contribution < 1.29 is 4.79 Å². The number of hydrogen-bond donors (Lipinski definition) is 1. The maximum Gasteiger partial charge on any atom is 0.189 e. The van der Waals surface area contributed by atoms with E-state index in [4.69, 9.17) is 5.73 Å². The van der Waals surface area contributed by atoms with Gasteiger partial charge in [0, 0.05) is 16.8 Å². The van der Waals surface area contributed by atoms with Gasteiger partial charge in [0.15, 0.2) is 5.78 Å². The Morgan fingerprint density at radius 1 is 1.20 bits per heavy atom. The molecule has 1 aromatic rings.